The van der Waals surface area contributed by atoms with Gasteiger partial charge in [0.2, 0.25) is 0 Å². The molecule has 0 saturated heterocycles. The monoisotopic (exact) mass is 436 g/mol. The lowest BCUT2D eigenvalue weighted by atomic mass is 10.1. The number of benzene rings is 2. The van der Waals surface area contributed by atoms with E-state index in [1.165, 1.54) is 23.1 Å². The number of amides is 1. The van der Waals surface area contributed by atoms with Crippen molar-refractivity contribution in [3.05, 3.63) is 65.0 Å². The predicted molar refractivity (Wildman–Crippen MR) is 123 cm³/mol. The van der Waals surface area contributed by atoms with Crippen LogP contribution < -0.4 is 15.8 Å². The summed E-state index contributed by atoms with van der Waals surface area (Å²) in [6.07, 6.45) is 1.93. The Balaban J connectivity index is 1.67. The molecule has 3 N–H and O–H groups in total. The van der Waals surface area contributed by atoms with Gasteiger partial charge in [-0.1, -0.05) is 54.2 Å². The molecule has 2 aromatic heterocycles. The van der Waals surface area contributed by atoms with Gasteiger partial charge < -0.3 is 15.8 Å². The van der Waals surface area contributed by atoms with Gasteiger partial charge in [-0.15, -0.1) is 11.3 Å². The Bertz CT molecular complexity index is 1190. The number of nitrogens with two attached hydrogens (primary N) is 1. The van der Waals surface area contributed by atoms with Crippen LogP contribution >= 0.6 is 23.1 Å². The summed E-state index contributed by atoms with van der Waals surface area (Å²) < 4.78 is 5.16. The summed E-state index contributed by atoms with van der Waals surface area (Å²) in [5.41, 5.74) is 9.49. The van der Waals surface area contributed by atoms with Crippen molar-refractivity contribution < 1.29 is 9.53 Å². The molecule has 30 heavy (non-hydrogen) atoms. The van der Waals surface area contributed by atoms with Crippen LogP contribution in [0.4, 0.5) is 5.69 Å². The van der Waals surface area contributed by atoms with E-state index in [-0.39, 0.29) is 5.91 Å². The lowest BCUT2D eigenvalue weighted by molar-refractivity contribution is 0.0956. The van der Waals surface area contributed by atoms with Crippen LogP contribution in [-0.4, -0.2) is 29.2 Å². The number of nitrogens with zero attached hydrogens (tertiary/aromatic N) is 2. The van der Waals surface area contributed by atoms with E-state index in [1.807, 2.05) is 60.9 Å². The summed E-state index contributed by atoms with van der Waals surface area (Å²) in [4.78, 5) is 23.3. The summed E-state index contributed by atoms with van der Waals surface area (Å²) in [5.74, 6) is 0.548. The van der Waals surface area contributed by atoms with Gasteiger partial charge in [0.1, 0.15) is 15.5 Å². The molecule has 0 atom stereocenters. The molecule has 0 bridgehead atoms. The first-order valence-corrected chi connectivity index (χ1v) is 11.3. The van der Waals surface area contributed by atoms with E-state index < -0.39 is 0 Å². The van der Waals surface area contributed by atoms with Gasteiger partial charge in [-0.3, -0.25) is 4.79 Å². The third kappa shape index (κ3) is 3.96. The van der Waals surface area contributed by atoms with Crippen LogP contribution in [0.3, 0.4) is 0 Å². The standard InChI is InChI=1S/C22H20N4O2S2/c1-28-15-10-8-13(9-11-15)12-24-20(27)19-17(23)16-18(14-6-4-3-5-7-14)25-22(29-2)26-21(16)30-19/h3-11H,12,23H2,1-2H3,(H,24,27). The van der Waals surface area contributed by atoms with Gasteiger partial charge in [0, 0.05) is 12.1 Å². The van der Waals surface area contributed by atoms with Gasteiger partial charge in [-0.25, -0.2) is 9.97 Å². The fourth-order valence-corrected chi connectivity index (χ4v) is 4.51. The average Bonchev–Trinajstić information content (AvgIpc) is 3.14. The maximum absolute atomic E-state index is 12.9. The number of carbonyl (C=O) groups is 1. The zero-order chi connectivity index (χ0) is 21.1. The summed E-state index contributed by atoms with van der Waals surface area (Å²) >= 11 is 2.75. The van der Waals surface area contributed by atoms with Crippen LogP contribution in [0.5, 0.6) is 5.75 Å². The van der Waals surface area contributed by atoms with Gasteiger partial charge >= 0.3 is 0 Å². The Kier molecular flexibility index (Phi) is 5.87. The molecule has 0 aliphatic rings. The molecule has 0 radical (unpaired) electrons. The van der Waals surface area contributed by atoms with Gasteiger partial charge in [0.25, 0.3) is 5.91 Å². The fraction of sp³-hybridized carbons (Fsp3) is 0.136. The molecule has 0 aliphatic heterocycles. The van der Waals surface area contributed by atoms with E-state index in [4.69, 9.17) is 10.5 Å². The minimum Gasteiger partial charge on any atom is -0.497 e. The number of fused-ring (bicyclic) bond motifs is 1. The second kappa shape index (κ2) is 8.73. The largest absolute Gasteiger partial charge is 0.497 e. The molecule has 0 unspecified atom stereocenters. The van der Waals surface area contributed by atoms with Crippen molar-refractivity contribution >= 4 is 44.9 Å². The highest BCUT2D eigenvalue weighted by Crippen LogP contribution is 2.39. The third-order valence-corrected chi connectivity index (χ3v) is 6.26. The highest BCUT2D eigenvalue weighted by Gasteiger charge is 2.22. The number of anilines is 1. The number of hydrogen-bond acceptors (Lipinski definition) is 7. The number of carbonyl (C=O) groups excluding carboxylic acids is 1. The summed E-state index contributed by atoms with van der Waals surface area (Å²) in [6, 6.07) is 17.4. The van der Waals surface area contributed by atoms with Crippen molar-refractivity contribution in [2.24, 2.45) is 0 Å². The Morgan fingerprint density at radius 1 is 1.13 bits per heavy atom. The summed E-state index contributed by atoms with van der Waals surface area (Å²) in [6.45, 7) is 0.393. The molecule has 152 valence electrons. The van der Waals surface area contributed by atoms with Crippen LogP contribution in [0, 0.1) is 0 Å². The van der Waals surface area contributed by atoms with Gasteiger partial charge in [0.15, 0.2) is 5.16 Å². The molecule has 0 fully saturated rings. The lowest BCUT2D eigenvalue weighted by Crippen LogP contribution is -2.22. The van der Waals surface area contributed by atoms with Crippen molar-refractivity contribution in [3.63, 3.8) is 0 Å². The predicted octanol–water partition coefficient (Wildman–Crippen LogP) is 4.60. The fourth-order valence-electron chi connectivity index (χ4n) is 3.07. The molecule has 4 rings (SSSR count). The number of thiophene rings is 1. The van der Waals surface area contributed by atoms with Crippen molar-refractivity contribution in [2.45, 2.75) is 11.7 Å². The van der Waals surface area contributed by atoms with Crippen LogP contribution in [0.15, 0.2) is 59.8 Å². The second-order valence-electron chi connectivity index (χ2n) is 6.48. The zero-order valence-electron chi connectivity index (χ0n) is 16.5. The maximum atomic E-state index is 12.9. The van der Waals surface area contributed by atoms with E-state index in [1.54, 1.807) is 7.11 Å². The first-order chi connectivity index (χ1) is 14.6. The van der Waals surface area contributed by atoms with Crippen molar-refractivity contribution in [1.29, 1.82) is 0 Å². The maximum Gasteiger partial charge on any atom is 0.263 e. The highest BCUT2D eigenvalue weighted by molar-refractivity contribution is 7.98. The van der Waals surface area contributed by atoms with Gasteiger partial charge in [-0.05, 0) is 24.0 Å². The molecule has 2 aromatic carbocycles. The van der Waals surface area contributed by atoms with E-state index in [9.17, 15) is 4.79 Å². The van der Waals surface area contributed by atoms with Gasteiger partial charge in [-0.2, -0.15) is 0 Å². The number of nitrogens with one attached hydrogen (secondary N) is 1. The Morgan fingerprint density at radius 2 is 1.87 bits per heavy atom. The number of ether oxygens (including phenoxy) is 1. The SMILES string of the molecule is COc1ccc(CNC(=O)c2sc3nc(SC)nc(-c4ccccc4)c3c2N)cc1. The van der Waals surface area contributed by atoms with Crippen LogP contribution in [0.2, 0.25) is 0 Å². The minimum absolute atomic E-state index is 0.226. The Labute approximate surface area is 182 Å². The van der Waals surface area contributed by atoms with E-state index >= 15 is 0 Å². The molecular weight excluding hydrogens is 416 g/mol. The number of hydrogen-bond donors (Lipinski definition) is 2. The molecule has 0 aliphatic carbocycles. The Hall–Kier alpha value is -3.10. The number of methoxy groups -OCH3 is 1. The topological polar surface area (TPSA) is 90.1 Å². The van der Waals surface area contributed by atoms with Crippen molar-refractivity contribution in [3.8, 4) is 17.0 Å². The Morgan fingerprint density at radius 3 is 2.53 bits per heavy atom. The number of nitrogen functional groups attached to an aromatic ring is 1. The van der Waals surface area contributed by atoms with E-state index in [0.717, 1.165) is 28.0 Å². The molecule has 0 saturated carbocycles. The van der Waals surface area contributed by atoms with Crippen molar-refractivity contribution in [1.82, 2.24) is 15.3 Å². The van der Waals surface area contributed by atoms with Gasteiger partial charge in [0.05, 0.1) is 23.9 Å². The molecule has 6 nitrogen and oxygen atoms in total. The quantitative estimate of drug-likeness (QED) is 0.339. The molecule has 4 aromatic rings. The highest BCUT2D eigenvalue weighted by atomic mass is 32.2. The minimum atomic E-state index is -0.226. The average molecular weight is 437 g/mol. The van der Waals surface area contributed by atoms with Crippen molar-refractivity contribution in [2.75, 3.05) is 19.1 Å². The van der Waals surface area contributed by atoms with E-state index in [0.29, 0.717) is 27.1 Å². The lowest BCUT2D eigenvalue weighted by Gasteiger charge is -2.07. The molecule has 1 amide bonds. The number of thioether (sulfide) groups is 1. The number of aromatic nitrogens is 2. The smallest absolute Gasteiger partial charge is 0.263 e. The summed E-state index contributed by atoms with van der Waals surface area (Å²) in [5, 5.41) is 4.31. The second-order valence-corrected chi connectivity index (χ2v) is 8.25. The molecular formula is C22H20N4O2S2. The molecule has 2 heterocycles. The zero-order valence-corrected chi connectivity index (χ0v) is 18.1. The van der Waals surface area contributed by atoms with Crippen LogP contribution in [0.25, 0.3) is 21.5 Å². The first-order valence-electron chi connectivity index (χ1n) is 9.21. The normalized spacial score (nSPS) is 10.9. The van der Waals surface area contributed by atoms with Crippen LogP contribution in [0.1, 0.15) is 15.2 Å². The first kappa shape index (κ1) is 20.2. The molecule has 0 spiro atoms. The molecule has 8 heteroatoms. The van der Waals surface area contributed by atoms with E-state index in [2.05, 4.69) is 15.3 Å². The number of rotatable bonds is 6. The van der Waals surface area contributed by atoms with Crippen LogP contribution in [-0.2, 0) is 6.54 Å². The third-order valence-electron chi connectivity index (χ3n) is 4.62. The summed E-state index contributed by atoms with van der Waals surface area (Å²) in [7, 11) is 1.62.